The Morgan fingerprint density at radius 3 is 2.56 bits per heavy atom. The molecule has 0 spiro atoms. The summed E-state index contributed by atoms with van der Waals surface area (Å²) in [7, 11) is 1.56. The highest BCUT2D eigenvalue weighted by Gasteiger charge is 2.25. The smallest absolute Gasteiger partial charge is 0.228 e. The molecule has 0 N–H and O–H groups in total. The number of hydrogen-bond donors (Lipinski definition) is 0. The number of fused-ring (bicyclic) bond motifs is 1. The normalized spacial score (nSPS) is 17.7. The molecule has 1 unspecified atom stereocenters. The Balaban J connectivity index is 0.000000280. The molecule has 3 aromatic heterocycles. The number of anilines is 1. The summed E-state index contributed by atoms with van der Waals surface area (Å²) >= 11 is 0. The first-order chi connectivity index (χ1) is 17.4. The fourth-order valence-corrected chi connectivity index (χ4v) is 3.89. The van der Waals surface area contributed by atoms with Gasteiger partial charge < -0.3 is 14.4 Å². The van der Waals surface area contributed by atoms with Gasteiger partial charge in [0.05, 0.1) is 30.6 Å². The maximum Gasteiger partial charge on any atom is 0.228 e. The van der Waals surface area contributed by atoms with Crippen molar-refractivity contribution in [3.05, 3.63) is 59.7 Å². The second kappa shape index (κ2) is 10.2. The first-order valence-electron chi connectivity index (χ1n) is 11.8. The van der Waals surface area contributed by atoms with Gasteiger partial charge in [0.2, 0.25) is 5.95 Å². The van der Waals surface area contributed by atoms with E-state index in [4.69, 9.17) is 9.47 Å². The minimum absolute atomic E-state index is 0.143. The summed E-state index contributed by atoms with van der Waals surface area (Å²) in [6.07, 6.45) is 6.09. The summed E-state index contributed by atoms with van der Waals surface area (Å²) < 4.78 is 40.7. The molecule has 188 valence electrons. The average molecular weight is 496 g/mol. The average Bonchev–Trinajstić information content (AvgIpc) is 3.58. The van der Waals surface area contributed by atoms with Gasteiger partial charge >= 0.3 is 0 Å². The lowest BCUT2D eigenvalue weighted by atomic mass is 10.1. The van der Waals surface area contributed by atoms with E-state index in [2.05, 4.69) is 25.0 Å². The minimum atomic E-state index is -0.720. The van der Waals surface area contributed by atoms with Crippen LogP contribution in [0.3, 0.4) is 0 Å². The Labute approximate surface area is 207 Å². The second-order valence-corrected chi connectivity index (χ2v) is 8.76. The molecule has 2 fully saturated rings. The molecular weight excluding hydrogens is 468 g/mol. The predicted octanol–water partition coefficient (Wildman–Crippen LogP) is 4.01. The van der Waals surface area contributed by atoms with Crippen molar-refractivity contribution in [1.29, 1.82) is 0 Å². The van der Waals surface area contributed by atoms with Crippen molar-refractivity contribution in [3.8, 4) is 11.3 Å². The number of halogens is 2. The largest absolute Gasteiger partial charge is 0.354 e. The molecule has 0 radical (unpaired) electrons. The number of morpholine rings is 1. The molecule has 4 aromatic rings. The molecule has 0 amide bonds. The molecule has 4 heterocycles. The van der Waals surface area contributed by atoms with Crippen LogP contribution < -0.4 is 4.90 Å². The van der Waals surface area contributed by atoms with E-state index >= 15 is 0 Å². The van der Waals surface area contributed by atoms with Crippen LogP contribution in [0.1, 0.15) is 30.3 Å². The van der Waals surface area contributed by atoms with Crippen LogP contribution >= 0.6 is 0 Å². The van der Waals surface area contributed by atoms with Crippen molar-refractivity contribution in [1.82, 2.24) is 29.7 Å². The predicted molar refractivity (Wildman–Crippen MR) is 129 cm³/mol. The van der Waals surface area contributed by atoms with Crippen LogP contribution in [-0.4, -0.2) is 62.8 Å². The lowest BCUT2D eigenvalue weighted by molar-refractivity contribution is -0.128. The molecule has 0 bridgehead atoms. The summed E-state index contributed by atoms with van der Waals surface area (Å²) in [6.45, 7) is 5.06. The molecular formula is C25H27F2N7O2. The Morgan fingerprint density at radius 1 is 1.06 bits per heavy atom. The van der Waals surface area contributed by atoms with Gasteiger partial charge in [-0.1, -0.05) is 0 Å². The molecule has 6 rings (SSSR count). The first-order valence-corrected chi connectivity index (χ1v) is 11.8. The topological polar surface area (TPSA) is 91.1 Å². The third kappa shape index (κ3) is 5.17. The van der Waals surface area contributed by atoms with E-state index in [9.17, 15) is 8.78 Å². The maximum absolute atomic E-state index is 14.5. The van der Waals surface area contributed by atoms with Gasteiger partial charge in [-0.3, -0.25) is 4.68 Å². The molecule has 36 heavy (non-hydrogen) atoms. The summed E-state index contributed by atoms with van der Waals surface area (Å²) in [5.41, 5.74) is 2.55. The van der Waals surface area contributed by atoms with E-state index in [0.717, 1.165) is 17.8 Å². The SMILES string of the molecule is COC1CN(c2nc(-c3ccc(F)cc3F)c3nc(C)c(C)nc3n2)CCO1.c1cnn(C2CC2)c1. The minimum Gasteiger partial charge on any atom is -0.354 e. The van der Waals surface area contributed by atoms with Gasteiger partial charge in [-0.15, -0.1) is 0 Å². The van der Waals surface area contributed by atoms with Crippen LogP contribution in [-0.2, 0) is 9.47 Å². The van der Waals surface area contributed by atoms with Crippen molar-refractivity contribution in [2.75, 3.05) is 31.7 Å². The number of aryl methyl sites for hydroxylation is 2. The maximum atomic E-state index is 14.5. The molecule has 11 heteroatoms. The van der Waals surface area contributed by atoms with Gasteiger partial charge in [-0.05, 0) is 44.9 Å². The number of benzene rings is 1. The molecule has 9 nitrogen and oxygen atoms in total. The Kier molecular flexibility index (Phi) is 6.84. The summed E-state index contributed by atoms with van der Waals surface area (Å²) in [4.78, 5) is 20.0. The Morgan fingerprint density at radius 2 is 1.86 bits per heavy atom. The van der Waals surface area contributed by atoms with E-state index in [1.165, 1.54) is 25.0 Å². The third-order valence-electron chi connectivity index (χ3n) is 6.14. The Hall–Kier alpha value is -3.57. The van der Waals surface area contributed by atoms with Crippen LogP contribution in [0.5, 0.6) is 0 Å². The van der Waals surface area contributed by atoms with Crippen LogP contribution in [0.15, 0.2) is 36.7 Å². The highest BCUT2D eigenvalue weighted by atomic mass is 19.1. The van der Waals surface area contributed by atoms with Crippen LogP contribution in [0, 0.1) is 25.5 Å². The number of aromatic nitrogens is 6. The number of ether oxygens (including phenoxy) is 2. The number of rotatable bonds is 4. The van der Waals surface area contributed by atoms with E-state index in [1.807, 2.05) is 41.9 Å². The third-order valence-corrected chi connectivity index (χ3v) is 6.14. The van der Waals surface area contributed by atoms with Crippen molar-refractivity contribution >= 4 is 17.1 Å². The van der Waals surface area contributed by atoms with Gasteiger partial charge in [0.25, 0.3) is 0 Å². The fraction of sp³-hybridized carbons (Fsp3) is 0.400. The first kappa shape index (κ1) is 24.1. The van der Waals surface area contributed by atoms with E-state index in [1.54, 1.807) is 7.11 Å². The van der Waals surface area contributed by atoms with Crippen LogP contribution in [0.4, 0.5) is 14.7 Å². The lowest BCUT2D eigenvalue weighted by Crippen LogP contribution is -2.44. The van der Waals surface area contributed by atoms with Crippen molar-refractivity contribution in [3.63, 3.8) is 0 Å². The summed E-state index contributed by atoms with van der Waals surface area (Å²) in [5, 5.41) is 4.09. The zero-order valence-corrected chi connectivity index (χ0v) is 20.4. The molecule has 1 aliphatic carbocycles. The van der Waals surface area contributed by atoms with Gasteiger partial charge in [0.15, 0.2) is 11.9 Å². The highest BCUT2D eigenvalue weighted by molar-refractivity contribution is 5.88. The van der Waals surface area contributed by atoms with Crippen LogP contribution in [0.25, 0.3) is 22.4 Å². The monoisotopic (exact) mass is 495 g/mol. The zero-order valence-electron chi connectivity index (χ0n) is 20.4. The lowest BCUT2D eigenvalue weighted by Gasteiger charge is -2.32. The number of hydrogen-bond acceptors (Lipinski definition) is 8. The molecule has 2 aliphatic rings. The second-order valence-electron chi connectivity index (χ2n) is 8.76. The van der Waals surface area contributed by atoms with E-state index in [-0.39, 0.29) is 11.3 Å². The molecule has 1 saturated carbocycles. The molecule has 1 saturated heterocycles. The summed E-state index contributed by atoms with van der Waals surface area (Å²) in [6, 6.07) is 6.08. The van der Waals surface area contributed by atoms with Crippen molar-refractivity contribution in [2.45, 2.75) is 39.0 Å². The van der Waals surface area contributed by atoms with Crippen LogP contribution in [0.2, 0.25) is 0 Å². The van der Waals surface area contributed by atoms with E-state index in [0.29, 0.717) is 42.5 Å². The molecule has 1 atom stereocenters. The van der Waals surface area contributed by atoms with Gasteiger partial charge in [0.1, 0.15) is 22.8 Å². The quantitative estimate of drug-likeness (QED) is 0.420. The van der Waals surface area contributed by atoms with Gasteiger partial charge in [0, 0.05) is 37.7 Å². The molecule has 1 aliphatic heterocycles. The van der Waals surface area contributed by atoms with Gasteiger partial charge in [-0.2, -0.15) is 10.1 Å². The van der Waals surface area contributed by atoms with Gasteiger partial charge in [-0.25, -0.2) is 23.7 Å². The van der Waals surface area contributed by atoms with Crippen molar-refractivity contribution in [2.24, 2.45) is 0 Å². The molecule has 1 aromatic carbocycles. The zero-order chi connectivity index (χ0) is 25.2. The highest BCUT2D eigenvalue weighted by Crippen LogP contribution is 2.33. The number of nitrogens with zero attached hydrogens (tertiary/aromatic N) is 7. The summed E-state index contributed by atoms with van der Waals surface area (Å²) in [5.74, 6) is -1.01. The van der Waals surface area contributed by atoms with E-state index < -0.39 is 17.9 Å². The Bertz CT molecular complexity index is 1360. The van der Waals surface area contributed by atoms with Crippen molar-refractivity contribution < 1.29 is 18.3 Å². The fourth-order valence-electron chi connectivity index (χ4n) is 3.89. The number of methoxy groups -OCH3 is 1. The standard InChI is InChI=1S/C19H19F2N5O2.C6H8N2/c1-10-11(2)23-18-17(22-10)16(13-5-4-12(20)8-14(13)21)24-19(25-18)26-6-7-28-15(9-26)27-3;1-4-7-8(5-1)6-2-3-6/h4-5,8,15H,6-7,9H2,1-3H3;1,4-6H,2-3H2.